The summed E-state index contributed by atoms with van der Waals surface area (Å²) < 4.78 is 0. The zero-order valence-electron chi connectivity index (χ0n) is 11.8. The van der Waals surface area contributed by atoms with Crippen molar-refractivity contribution in [1.82, 2.24) is 0 Å². The third-order valence-electron chi connectivity index (χ3n) is 4.13. The van der Waals surface area contributed by atoms with Crippen LogP contribution in [0, 0.1) is 17.2 Å². The number of aliphatic hydroxyl groups is 1. The van der Waals surface area contributed by atoms with Crippen molar-refractivity contribution in [2.75, 3.05) is 18.1 Å². The number of anilines is 1. The molecule has 1 fully saturated rings. The fourth-order valence-electron chi connectivity index (χ4n) is 3.21. The van der Waals surface area contributed by atoms with Crippen LogP contribution in [0.15, 0.2) is 24.3 Å². The van der Waals surface area contributed by atoms with Crippen LogP contribution < -0.4 is 4.90 Å². The van der Waals surface area contributed by atoms with Crippen molar-refractivity contribution in [3.8, 4) is 6.07 Å². The maximum atomic E-state index is 9.25. The van der Waals surface area contributed by atoms with Gasteiger partial charge in [0.2, 0.25) is 0 Å². The summed E-state index contributed by atoms with van der Waals surface area (Å²) in [6, 6.07) is 10.1. The summed E-state index contributed by atoms with van der Waals surface area (Å²) >= 11 is 0. The number of nitriles is 1. The smallest absolute Gasteiger partial charge is 0.101 e. The van der Waals surface area contributed by atoms with E-state index in [1.165, 1.54) is 0 Å². The van der Waals surface area contributed by atoms with Crippen LogP contribution in [0.25, 0.3) is 0 Å². The first-order valence-corrected chi connectivity index (χ1v) is 6.96. The highest BCUT2D eigenvalue weighted by molar-refractivity contribution is 5.60. The maximum absolute atomic E-state index is 9.25. The van der Waals surface area contributed by atoms with Gasteiger partial charge in [0.15, 0.2) is 0 Å². The number of piperidine rings is 1. The fraction of sp³-hybridized carbons (Fsp3) is 0.562. The van der Waals surface area contributed by atoms with Crippen LogP contribution in [0.3, 0.4) is 0 Å². The predicted molar refractivity (Wildman–Crippen MR) is 77.0 cm³/mol. The van der Waals surface area contributed by atoms with Crippen LogP contribution in [0.1, 0.15) is 38.7 Å². The van der Waals surface area contributed by atoms with Gasteiger partial charge in [0.1, 0.15) is 6.07 Å². The topological polar surface area (TPSA) is 47.3 Å². The molecule has 1 saturated heterocycles. The highest BCUT2D eigenvalue weighted by Crippen LogP contribution is 2.37. The Kier molecular flexibility index (Phi) is 4.11. The molecule has 1 unspecified atom stereocenters. The van der Waals surface area contributed by atoms with Gasteiger partial charge in [-0.3, -0.25) is 0 Å². The van der Waals surface area contributed by atoms with E-state index >= 15 is 0 Å². The summed E-state index contributed by atoms with van der Waals surface area (Å²) in [5.74, 6) is 0.588. The quantitative estimate of drug-likeness (QED) is 0.906. The summed E-state index contributed by atoms with van der Waals surface area (Å²) in [5.41, 5.74) is 1.82. The molecule has 0 saturated carbocycles. The molecule has 1 aromatic rings. The van der Waals surface area contributed by atoms with Crippen LogP contribution >= 0.6 is 0 Å². The second kappa shape index (κ2) is 5.63. The van der Waals surface area contributed by atoms with Crippen LogP contribution in [0.2, 0.25) is 0 Å². The van der Waals surface area contributed by atoms with Crippen molar-refractivity contribution in [2.45, 2.75) is 38.6 Å². The minimum absolute atomic E-state index is 0.0328. The summed E-state index contributed by atoms with van der Waals surface area (Å²) in [5, 5.41) is 18.3. The lowest BCUT2D eigenvalue weighted by atomic mass is 9.80. The maximum Gasteiger partial charge on any atom is 0.101 e. The number of hydrogen-bond acceptors (Lipinski definition) is 3. The van der Waals surface area contributed by atoms with Crippen molar-refractivity contribution in [3.05, 3.63) is 29.8 Å². The standard InChI is InChI=1S/C16H22N2O/c1-16(2)11-13(8-10-19)7-9-18(16)15-6-4-3-5-14(15)12-17/h3-6,13,19H,7-11H2,1-2H3. The van der Waals surface area contributed by atoms with Crippen LogP contribution in [-0.4, -0.2) is 23.8 Å². The van der Waals surface area contributed by atoms with Crippen molar-refractivity contribution in [3.63, 3.8) is 0 Å². The predicted octanol–water partition coefficient (Wildman–Crippen LogP) is 2.94. The first-order chi connectivity index (χ1) is 9.08. The molecule has 102 valence electrons. The number of rotatable bonds is 3. The third-order valence-corrected chi connectivity index (χ3v) is 4.13. The normalized spacial score (nSPS) is 22.0. The molecule has 1 aromatic carbocycles. The lowest BCUT2D eigenvalue weighted by molar-refractivity contribution is 0.205. The van der Waals surface area contributed by atoms with Crippen LogP contribution in [-0.2, 0) is 0 Å². The molecular weight excluding hydrogens is 236 g/mol. The molecule has 0 spiro atoms. The molecule has 1 N–H and O–H groups in total. The van der Waals surface area contributed by atoms with Gasteiger partial charge >= 0.3 is 0 Å². The molecule has 3 nitrogen and oxygen atoms in total. The average molecular weight is 258 g/mol. The minimum atomic E-state index is 0.0328. The van der Waals surface area contributed by atoms with Gasteiger partial charge in [-0.05, 0) is 51.2 Å². The van der Waals surface area contributed by atoms with E-state index in [1.54, 1.807) is 0 Å². The van der Waals surface area contributed by atoms with Gasteiger partial charge in [0.25, 0.3) is 0 Å². The van der Waals surface area contributed by atoms with Crippen molar-refractivity contribution >= 4 is 5.69 Å². The lowest BCUT2D eigenvalue weighted by Gasteiger charge is -2.47. The van der Waals surface area contributed by atoms with E-state index in [0.717, 1.165) is 37.1 Å². The lowest BCUT2D eigenvalue weighted by Crippen LogP contribution is -2.50. The van der Waals surface area contributed by atoms with E-state index in [-0.39, 0.29) is 12.1 Å². The molecule has 19 heavy (non-hydrogen) atoms. The van der Waals surface area contributed by atoms with E-state index in [0.29, 0.717) is 5.92 Å². The Morgan fingerprint density at radius 1 is 1.42 bits per heavy atom. The molecule has 0 aromatic heterocycles. The monoisotopic (exact) mass is 258 g/mol. The SMILES string of the molecule is CC1(C)CC(CCO)CCN1c1ccccc1C#N. The Morgan fingerprint density at radius 3 is 2.79 bits per heavy atom. The molecule has 0 bridgehead atoms. The van der Waals surface area contributed by atoms with Crippen molar-refractivity contribution < 1.29 is 5.11 Å². The molecule has 0 radical (unpaired) electrons. The molecule has 0 aliphatic carbocycles. The van der Waals surface area contributed by atoms with Gasteiger partial charge < -0.3 is 10.0 Å². The molecule has 0 amide bonds. The fourth-order valence-corrected chi connectivity index (χ4v) is 3.21. The number of hydrogen-bond donors (Lipinski definition) is 1. The Balaban J connectivity index is 2.24. The summed E-state index contributed by atoms with van der Waals surface area (Å²) in [4.78, 5) is 2.35. The van der Waals surface area contributed by atoms with Crippen molar-refractivity contribution in [2.24, 2.45) is 5.92 Å². The highest BCUT2D eigenvalue weighted by atomic mass is 16.3. The molecule has 3 heteroatoms. The van der Waals surface area contributed by atoms with E-state index < -0.39 is 0 Å². The first kappa shape index (κ1) is 13.9. The van der Waals surface area contributed by atoms with Crippen LogP contribution in [0.4, 0.5) is 5.69 Å². The second-order valence-corrected chi connectivity index (χ2v) is 5.96. The Hall–Kier alpha value is -1.53. The number of benzene rings is 1. The molecule has 2 rings (SSSR count). The van der Waals surface area contributed by atoms with E-state index in [1.807, 2.05) is 24.3 Å². The van der Waals surface area contributed by atoms with Crippen molar-refractivity contribution in [1.29, 1.82) is 5.26 Å². The Morgan fingerprint density at radius 2 is 2.16 bits per heavy atom. The average Bonchev–Trinajstić information content (AvgIpc) is 2.38. The number of para-hydroxylation sites is 1. The molecule has 1 aliphatic heterocycles. The van der Waals surface area contributed by atoms with E-state index in [9.17, 15) is 5.26 Å². The summed E-state index contributed by atoms with van der Waals surface area (Å²) in [6.45, 7) is 5.68. The molecule has 1 heterocycles. The minimum Gasteiger partial charge on any atom is -0.396 e. The zero-order valence-corrected chi connectivity index (χ0v) is 11.8. The zero-order chi connectivity index (χ0) is 13.9. The Labute approximate surface area is 115 Å². The van der Waals surface area contributed by atoms with Gasteiger partial charge in [-0.25, -0.2) is 0 Å². The molecule has 1 aliphatic rings. The van der Waals surface area contributed by atoms with Crippen LogP contribution in [0.5, 0.6) is 0 Å². The van der Waals surface area contributed by atoms with E-state index in [2.05, 4.69) is 24.8 Å². The van der Waals surface area contributed by atoms with Gasteiger partial charge in [0, 0.05) is 18.7 Å². The summed E-state index contributed by atoms with van der Waals surface area (Å²) in [6.07, 6.45) is 3.04. The number of nitrogens with zero attached hydrogens (tertiary/aromatic N) is 2. The van der Waals surface area contributed by atoms with Gasteiger partial charge in [-0.15, -0.1) is 0 Å². The third kappa shape index (κ3) is 2.90. The first-order valence-electron chi connectivity index (χ1n) is 6.96. The second-order valence-electron chi connectivity index (χ2n) is 5.96. The number of aliphatic hydroxyl groups excluding tert-OH is 1. The summed E-state index contributed by atoms with van der Waals surface area (Å²) in [7, 11) is 0. The highest BCUT2D eigenvalue weighted by Gasteiger charge is 2.35. The van der Waals surface area contributed by atoms with E-state index in [4.69, 9.17) is 5.11 Å². The van der Waals surface area contributed by atoms with Gasteiger partial charge in [0.05, 0.1) is 11.3 Å². The largest absolute Gasteiger partial charge is 0.396 e. The van der Waals surface area contributed by atoms with Gasteiger partial charge in [-0.2, -0.15) is 5.26 Å². The van der Waals surface area contributed by atoms with Gasteiger partial charge in [-0.1, -0.05) is 12.1 Å². The Bertz CT molecular complexity index is 476. The molecular formula is C16H22N2O. The molecule has 1 atom stereocenters.